The van der Waals surface area contributed by atoms with Gasteiger partial charge in [0.2, 0.25) is 0 Å². The van der Waals surface area contributed by atoms with Crippen LogP contribution in [0.4, 0.5) is 4.79 Å². The van der Waals surface area contributed by atoms with Crippen LogP contribution in [0.3, 0.4) is 0 Å². The molecule has 0 radical (unpaired) electrons. The number of likely N-dealkylation sites (tertiary alicyclic amines) is 1. The Bertz CT molecular complexity index is 332. The van der Waals surface area contributed by atoms with E-state index < -0.39 is 11.9 Å². The smallest absolute Gasteiger partial charge is 0.320 e. The molecular formula is C12H20N2O3. The molecule has 0 aromatic heterocycles. The van der Waals surface area contributed by atoms with Gasteiger partial charge < -0.3 is 14.9 Å². The summed E-state index contributed by atoms with van der Waals surface area (Å²) in [6.45, 7) is 2.76. The molecule has 0 spiro atoms. The van der Waals surface area contributed by atoms with Crippen molar-refractivity contribution in [1.82, 2.24) is 9.80 Å². The largest absolute Gasteiger partial charge is 0.481 e. The lowest BCUT2D eigenvalue weighted by Gasteiger charge is -2.32. The third-order valence-electron chi connectivity index (χ3n) is 3.95. The van der Waals surface area contributed by atoms with E-state index in [1.165, 1.54) is 6.42 Å². The molecule has 1 saturated heterocycles. The lowest BCUT2D eigenvalue weighted by atomic mass is 10.1. The first-order valence-corrected chi connectivity index (χ1v) is 6.23. The lowest BCUT2D eigenvalue weighted by Crippen LogP contribution is -2.46. The Balaban J connectivity index is 1.89. The Morgan fingerprint density at radius 1 is 1.47 bits per heavy atom. The highest BCUT2D eigenvalue weighted by Crippen LogP contribution is 2.37. The van der Waals surface area contributed by atoms with Crippen molar-refractivity contribution < 1.29 is 14.7 Å². The second-order valence-corrected chi connectivity index (χ2v) is 5.39. The number of amides is 2. The number of carboxylic acids is 1. The highest BCUT2D eigenvalue weighted by atomic mass is 16.4. The number of aliphatic carboxylic acids is 1. The monoisotopic (exact) mass is 240 g/mol. The fraction of sp³-hybridized carbons (Fsp3) is 0.833. The van der Waals surface area contributed by atoms with E-state index in [9.17, 15) is 9.59 Å². The Labute approximate surface area is 101 Å². The van der Waals surface area contributed by atoms with Gasteiger partial charge in [0.15, 0.2) is 0 Å². The average Bonchev–Trinajstić information content (AvgIpc) is 2.89. The first kappa shape index (κ1) is 12.2. The average molecular weight is 240 g/mol. The van der Waals surface area contributed by atoms with Crippen molar-refractivity contribution in [2.45, 2.75) is 32.2 Å². The highest BCUT2D eigenvalue weighted by Gasteiger charge is 2.41. The normalized spacial score (nSPS) is 28.2. The Hall–Kier alpha value is -1.26. The molecule has 17 heavy (non-hydrogen) atoms. The predicted molar refractivity (Wildman–Crippen MR) is 62.7 cm³/mol. The van der Waals surface area contributed by atoms with Crippen molar-refractivity contribution in [1.29, 1.82) is 0 Å². The summed E-state index contributed by atoms with van der Waals surface area (Å²) in [5.41, 5.74) is 0. The van der Waals surface area contributed by atoms with Gasteiger partial charge >= 0.3 is 12.0 Å². The first-order valence-electron chi connectivity index (χ1n) is 6.23. The molecule has 96 valence electrons. The molecular weight excluding hydrogens is 220 g/mol. The minimum absolute atomic E-state index is 0.00898. The van der Waals surface area contributed by atoms with Crippen molar-refractivity contribution in [3.63, 3.8) is 0 Å². The van der Waals surface area contributed by atoms with E-state index in [4.69, 9.17) is 5.11 Å². The van der Waals surface area contributed by atoms with E-state index in [2.05, 4.69) is 0 Å². The number of rotatable bonds is 3. The number of nitrogens with zero attached hydrogens (tertiary/aromatic N) is 2. The van der Waals surface area contributed by atoms with E-state index >= 15 is 0 Å². The molecule has 3 atom stereocenters. The number of fused-ring (bicyclic) bond motifs is 2. The zero-order chi connectivity index (χ0) is 12.6. The molecule has 1 aliphatic heterocycles. The van der Waals surface area contributed by atoms with Crippen LogP contribution in [-0.2, 0) is 4.79 Å². The molecule has 2 rings (SSSR count). The van der Waals surface area contributed by atoms with Gasteiger partial charge in [-0.1, -0.05) is 6.92 Å². The lowest BCUT2D eigenvalue weighted by molar-refractivity contribution is -0.141. The van der Waals surface area contributed by atoms with Crippen LogP contribution in [0.25, 0.3) is 0 Å². The van der Waals surface area contributed by atoms with Crippen molar-refractivity contribution in [3.05, 3.63) is 0 Å². The van der Waals surface area contributed by atoms with Crippen molar-refractivity contribution in [2.24, 2.45) is 11.8 Å². The number of urea groups is 1. The summed E-state index contributed by atoms with van der Waals surface area (Å²) in [6, 6.07) is 0.389. The SMILES string of the molecule is CC(CN(C)C(=O)N1CC2CCC1C2)C(=O)O. The maximum absolute atomic E-state index is 12.2. The van der Waals surface area contributed by atoms with Crippen LogP contribution in [-0.4, -0.2) is 53.1 Å². The summed E-state index contributed by atoms with van der Waals surface area (Å²) in [4.78, 5) is 26.4. The molecule has 1 aliphatic carbocycles. The van der Waals surface area contributed by atoms with Crippen molar-refractivity contribution in [3.8, 4) is 0 Å². The molecule has 2 bridgehead atoms. The predicted octanol–water partition coefficient (Wildman–Crippen LogP) is 1.24. The number of hydrogen-bond donors (Lipinski definition) is 1. The van der Waals surface area contributed by atoms with Crippen LogP contribution in [0.1, 0.15) is 26.2 Å². The molecule has 0 aromatic rings. The zero-order valence-corrected chi connectivity index (χ0v) is 10.4. The second-order valence-electron chi connectivity index (χ2n) is 5.39. The summed E-state index contributed by atoms with van der Waals surface area (Å²) in [5, 5.41) is 8.83. The number of carbonyl (C=O) groups excluding carboxylic acids is 1. The Morgan fingerprint density at radius 2 is 2.18 bits per heavy atom. The van der Waals surface area contributed by atoms with Gasteiger partial charge in [0.1, 0.15) is 0 Å². The first-order chi connectivity index (χ1) is 7.99. The van der Waals surface area contributed by atoms with Gasteiger partial charge in [-0.3, -0.25) is 4.79 Å². The van der Waals surface area contributed by atoms with Crippen LogP contribution in [0, 0.1) is 11.8 Å². The molecule has 2 amide bonds. The highest BCUT2D eigenvalue weighted by molar-refractivity contribution is 5.76. The van der Waals surface area contributed by atoms with Crippen LogP contribution in [0.15, 0.2) is 0 Å². The van der Waals surface area contributed by atoms with Crippen LogP contribution in [0.2, 0.25) is 0 Å². The van der Waals surface area contributed by atoms with Gasteiger partial charge in [-0.25, -0.2) is 4.79 Å². The summed E-state index contributed by atoms with van der Waals surface area (Å²) >= 11 is 0. The minimum atomic E-state index is -0.854. The summed E-state index contributed by atoms with van der Waals surface area (Å²) in [6.07, 6.45) is 3.48. The number of piperidine rings is 1. The van der Waals surface area contributed by atoms with Crippen LogP contribution in [0.5, 0.6) is 0 Å². The van der Waals surface area contributed by atoms with E-state index in [-0.39, 0.29) is 12.6 Å². The van der Waals surface area contributed by atoms with E-state index in [1.54, 1.807) is 18.9 Å². The summed E-state index contributed by atoms with van der Waals surface area (Å²) in [7, 11) is 1.69. The van der Waals surface area contributed by atoms with E-state index in [0.29, 0.717) is 12.0 Å². The van der Waals surface area contributed by atoms with E-state index in [1.807, 2.05) is 4.90 Å². The van der Waals surface area contributed by atoms with Gasteiger partial charge in [-0.05, 0) is 25.2 Å². The molecule has 3 unspecified atom stereocenters. The number of carbonyl (C=O) groups is 2. The summed E-state index contributed by atoms with van der Waals surface area (Å²) in [5.74, 6) is -0.689. The molecule has 1 saturated carbocycles. The Kier molecular flexibility index (Phi) is 3.26. The van der Waals surface area contributed by atoms with E-state index in [0.717, 1.165) is 19.4 Å². The van der Waals surface area contributed by atoms with Gasteiger partial charge in [0.25, 0.3) is 0 Å². The summed E-state index contributed by atoms with van der Waals surface area (Å²) < 4.78 is 0. The standard InChI is InChI=1S/C12H20N2O3/c1-8(11(15)16)6-13(2)12(17)14-7-9-3-4-10(14)5-9/h8-10H,3-7H2,1-2H3,(H,15,16). The fourth-order valence-electron chi connectivity index (χ4n) is 2.95. The molecule has 2 aliphatic rings. The van der Waals surface area contributed by atoms with Gasteiger partial charge in [0.05, 0.1) is 5.92 Å². The van der Waals surface area contributed by atoms with Crippen LogP contribution < -0.4 is 0 Å². The topological polar surface area (TPSA) is 60.9 Å². The molecule has 5 nitrogen and oxygen atoms in total. The maximum atomic E-state index is 12.2. The molecule has 1 N–H and O–H groups in total. The Morgan fingerprint density at radius 3 is 2.65 bits per heavy atom. The third-order valence-corrected chi connectivity index (χ3v) is 3.95. The zero-order valence-electron chi connectivity index (χ0n) is 10.4. The molecule has 2 fully saturated rings. The van der Waals surface area contributed by atoms with Gasteiger partial charge in [-0.15, -0.1) is 0 Å². The fourth-order valence-corrected chi connectivity index (χ4v) is 2.95. The third kappa shape index (κ3) is 2.37. The van der Waals surface area contributed by atoms with Crippen molar-refractivity contribution in [2.75, 3.05) is 20.1 Å². The second kappa shape index (κ2) is 4.55. The number of hydrogen-bond acceptors (Lipinski definition) is 2. The van der Waals surface area contributed by atoms with Crippen molar-refractivity contribution >= 4 is 12.0 Å². The molecule has 5 heteroatoms. The number of carboxylic acid groups (broad SMARTS) is 1. The maximum Gasteiger partial charge on any atom is 0.320 e. The minimum Gasteiger partial charge on any atom is -0.481 e. The van der Waals surface area contributed by atoms with Gasteiger partial charge in [0, 0.05) is 26.2 Å². The molecule has 1 heterocycles. The van der Waals surface area contributed by atoms with Gasteiger partial charge in [-0.2, -0.15) is 0 Å². The molecule has 0 aromatic carbocycles. The quantitative estimate of drug-likeness (QED) is 0.807. The van der Waals surface area contributed by atoms with Crippen LogP contribution >= 0.6 is 0 Å².